The quantitative estimate of drug-likeness (QED) is 0.102. The van der Waals surface area contributed by atoms with Crippen LogP contribution in [-0.4, -0.2) is 199 Å². The molecule has 3 N–H and O–H groups in total. The van der Waals surface area contributed by atoms with Gasteiger partial charge in [-0.1, -0.05) is 50.9 Å². The van der Waals surface area contributed by atoms with E-state index in [9.17, 15) is 24.6 Å². The first-order chi connectivity index (χ1) is 38.5. The third kappa shape index (κ3) is 14.7. The number of aromatic nitrogens is 1. The Labute approximate surface area is 496 Å². The molecular weight excluding hydrogens is 1130 g/mol. The fourth-order valence-electron chi connectivity index (χ4n) is 12.3. The predicted octanol–water partition coefficient (Wildman–Crippen LogP) is 6.86. The lowest BCUT2D eigenvalue weighted by Crippen LogP contribution is -2.62. The second-order valence-corrected chi connectivity index (χ2v) is 25.4. The highest BCUT2D eigenvalue weighted by atomic mass is 35.5. The minimum absolute atomic E-state index is 0.0184. The molecule has 1 aromatic heterocycles. The Kier molecular flexibility index (Phi) is 23.0. The van der Waals surface area contributed by atoms with E-state index >= 15 is 9.59 Å². The van der Waals surface area contributed by atoms with Gasteiger partial charge in [-0.05, 0) is 93.1 Å². The summed E-state index contributed by atoms with van der Waals surface area (Å²) in [4.78, 5) is 79.0. The highest BCUT2D eigenvalue weighted by Gasteiger charge is 2.62. The molecular formula is C58H86Cl2N4O17S. The molecule has 19 atom stereocenters. The minimum Gasteiger partial charge on any atom is -0.493 e. The molecule has 0 unspecified atom stereocenters. The largest absolute Gasteiger partial charge is 0.493 e. The maximum atomic E-state index is 15.3. The number of rotatable bonds is 18. The van der Waals surface area contributed by atoms with Crippen molar-refractivity contribution in [2.75, 3.05) is 66.7 Å². The van der Waals surface area contributed by atoms with Crippen LogP contribution in [-0.2, 0) is 57.1 Å². The molecule has 82 heavy (non-hydrogen) atoms. The van der Waals surface area contributed by atoms with Gasteiger partial charge >= 0.3 is 11.9 Å². The number of carbonyl (C=O) groups is 5. The number of nitrogens with one attached hydrogen (secondary N) is 1. The molecule has 460 valence electrons. The molecule has 21 nitrogen and oxygen atoms in total. The number of hydrogen-bond donors (Lipinski definition) is 3. The van der Waals surface area contributed by atoms with Gasteiger partial charge < -0.3 is 72.7 Å². The summed E-state index contributed by atoms with van der Waals surface area (Å²) in [6.45, 7) is 17.7. The molecule has 0 saturated carbocycles. The summed E-state index contributed by atoms with van der Waals surface area (Å²) in [5.74, 6) is -6.00. The Bertz CT molecular complexity index is 2550. The Morgan fingerprint density at radius 1 is 0.878 bits per heavy atom. The van der Waals surface area contributed by atoms with E-state index in [1.54, 1.807) is 93.6 Å². The molecule has 6 rings (SSSR count). The van der Waals surface area contributed by atoms with E-state index in [1.165, 1.54) is 56.5 Å². The molecule has 4 saturated heterocycles. The first kappa shape index (κ1) is 67.2. The number of aliphatic hydroxyl groups excluding tert-OH is 2. The number of thioether (sulfide) groups is 1. The summed E-state index contributed by atoms with van der Waals surface area (Å²) < 4.78 is 63.7. The van der Waals surface area contributed by atoms with Crippen molar-refractivity contribution in [2.45, 2.75) is 178 Å². The van der Waals surface area contributed by atoms with Gasteiger partial charge in [-0.25, -0.2) is 0 Å². The van der Waals surface area contributed by atoms with Crippen LogP contribution < -0.4 is 14.8 Å². The van der Waals surface area contributed by atoms with Crippen LogP contribution in [0.4, 0.5) is 5.69 Å². The molecule has 0 spiro atoms. The number of halogens is 2. The van der Waals surface area contributed by atoms with E-state index < -0.39 is 131 Å². The number of fused-ring (bicyclic) bond motifs is 1. The van der Waals surface area contributed by atoms with Crippen LogP contribution in [0.1, 0.15) is 105 Å². The first-order valence-electron chi connectivity index (χ1n) is 28.0. The molecule has 5 heterocycles. The van der Waals surface area contributed by atoms with Crippen LogP contribution >= 0.6 is 35.0 Å². The summed E-state index contributed by atoms with van der Waals surface area (Å²) in [6.07, 6.45) is -6.06. The van der Waals surface area contributed by atoms with Crippen molar-refractivity contribution in [1.29, 1.82) is 0 Å². The van der Waals surface area contributed by atoms with Crippen LogP contribution in [0.2, 0.25) is 10.0 Å². The van der Waals surface area contributed by atoms with E-state index in [0.717, 1.165) is 0 Å². The Balaban J connectivity index is 1.36. The fraction of sp³-hybridized carbons (Fsp3) is 0.724. The van der Waals surface area contributed by atoms with Crippen LogP contribution in [0.25, 0.3) is 0 Å². The van der Waals surface area contributed by atoms with Gasteiger partial charge in [-0.3, -0.25) is 29.0 Å². The number of methoxy groups -OCH3 is 3. The van der Waals surface area contributed by atoms with Gasteiger partial charge in [-0.15, -0.1) is 11.8 Å². The van der Waals surface area contributed by atoms with Crippen molar-refractivity contribution < 1.29 is 81.6 Å². The van der Waals surface area contributed by atoms with Crippen molar-refractivity contribution in [3.63, 3.8) is 0 Å². The number of Topliss-reactive ketones (excluding diaryl/α,β-unsaturated/α-hetero) is 1. The van der Waals surface area contributed by atoms with E-state index in [4.69, 9.17) is 70.6 Å². The number of hydrogen-bond acceptors (Lipinski definition) is 20. The third-order valence-corrected chi connectivity index (χ3v) is 18.9. The summed E-state index contributed by atoms with van der Waals surface area (Å²) in [5.41, 5.74) is -3.66. The average Bonchev–Trinajstić information content (AvgIpc) is 2.33. The molecule has 2 aromatic rings. The molecule has 4 aliphatic rings. The van der Waals surface area contributed by atoms with Gasteiger partial charge in [0.1, 0.15) is 29.3 Å². The van der Waals surface area contributed by atoms with Crippen molar-refractivity contribution in [3.8, 4) is 11.5 Å². The number of esters is 2. The standard InChI is InChI=1S/C58H86Cl2N4O17S/c1-17-41-58(10)44(49(54(71)81-58)82-21-20-75-40-23-35(18-19-39(40)72-14)52(69)62-45-36(59)26-61-27-37(45)60)31(4)46(66)29(2)24-57(9,74-16)51(80-55-47(67)38(22-30(3)76-55)64(13)42(65)28-63(11)12)32(5)48(33(6)53(70)78-41)79-43-25-56(8,73-15)50(68)34(7)77-43/h18-19,23,26-27,29-34,38,41,43-44,47-51,55,67-68H,17,20-22,24-25,28H2,1-16H3,(H,61,62,69)/t29-,30-,31-,32+,33-,34+,38+,41-,43+,44+,47-,48+,49+,50+,51-,55+,56-,57-,58-/m1/s1. The van der Waals surface area contributed by atoms with Crippen molar-refractivity contribution in [1.82, 2.24) is 14.8 Å². The number of cyclic esters (lactones) is 1. The number of nitrogens with zero attached hydrogens (tertiary/aromatic N) is 3. The van der Waals surface area contributed by atoms with Gasteiger partial charge in [0.25, 0.3) is 5.91 Å². The second kappa shape index (κ2) is 28.1. The van der Waals surface area contributed by atoms with Crippen molar-refractivity contribution in [2.24, 2.45) is 29.6 Å². The molecule has 1 aromatic carbocycles. The summed E-state index contributed by atoms with van der Waals surface area (Å²) in [6, 6.07) is 3.91. The summed E-state index contributed by atoms with van der Waals surface area (Å²) in [7, 11) is 9.63. The van der Waals surface area contributed by atoms with E-state index in [0.29, 0.717) is 12.2 Å². The van der Waals surface area contributed by atoms with Crippen LogP contribution in [0, 0.1) is 29.6 Å². The number of anilines is 1. The Morgan fingerprint density at radius 3 is 2.15 bits per heavy atom. The minimum atomic E-state index is -1.52. The molecule has 0 radical (unpaired) electrons. The van der Waals surface area contributed by atoms with E-state index in [1.807, 2.05) is 13.8 Å². The zero-order chi connectivity index (χ0) is 60.9. The van der Waals surface area contributed by atoms with Crippen LogP contribution in [0.3, 0.4) is 0 Å². The average molecular weight is 1210 g/mol. The Hall–Kier alpha value is -3.91. The molecule has 0 bridgehead atoms. The van der Waals surface area contributed by atoms with Gasteiger partial charge in [0.05, 0.1) is 83.6 Å². The lowest BCUT2D eigenvalue weighted by molar-refractivity contribution is -0.319. The molecule has 0 aliphatic carbocycles. The number of likely N-dealkylation sites (N-methyl/N-ethyl adjacent to an activating group) is 2. The second-order valence-electron chi connectivity index (χ2n) is 23.3. The van der Waals surface area contributed by atoms with Crippen LogP contribution in [0.5, 0.6) is 11.5 Å². The van der Waals surface area contributed by atoms with E-state index in [2.05, 4.69) is 10.3 Å². The smallest absolute Gasteiger partial charge is 0.320 e. The normalized spacial score (nSPS) is 36.6. The van der Waals surface area contributed by atoms with Gasteiger partial charge in [0, 0.05) is 75.1 Å². The predicted molar refractivity (Wildman–Crippen MR) is 307 cm³/mol. The number of carbonyl (C=O) groups excluding carboxylic acids is 5. The number of amides is 2. The van der Waals surface area contributed by atoms with Gasteiger partial charge in [0.15, 0.2) is 29.7 Å². The van der Waals surface area contributed by atoms with Crippen molar-refractivity contribution >= 4 is 70.2 Å². The molecule has 4 fully saturated rings. The monoisotopic (exact) mass is 1210 g/mol. The summed E-state index contributed by atoms with van der Waals surface area (Å²) >= 11 is 13.8. The number of pyridine rings is 1. The first-order valence-corrected chi connectivity index (χ1v) is 29.8. The topological polar surface area (TPSA) is 250 Å². The lowest BCUT2D eigenvalue weighted by atomic mass is 9.70. The number of aliphatic hydroxyl groups is 2. The highest BCUT2D eigenvalue weighted by Crippen LogP contribution is 2.50. The number of ether oxygens (including phenoxy) is 10. The van der Waals surface area contributed by atoms with E-state index in [-0.39, 0.29) is 76.9 Å². The van der Waals surface area contributed by atoms with Gasteiger partial charge in [0.2, 0.25) is 5.91 Å². The molecule has 2 amide bonds. The number of benzene rings is 1. The summed E-state index contributed by atoms with van der Waals surface area (Å²) in [5, 5.41) is 25.5. The van der Waals surface area contributed by atoms with Crippen LogP contribution in [0.15, 0.2) is 30.6 Å². The Morgan fingerprint density at radius 2 is 1.54 bits per heavy atom. The number of ketones is 1. The SMILES string of the molecule is CC[C@H]1OC(=O)[C@H](C)[C@@H](O[C@H]2C[C@@](C)(OC)[C@@H](O)[C@H](C)O2)[C@H](C)[C@@H](O[C@@H]2O[C@H](C)C[C@H](N(C)C(=O)CN(C)C)[C@H]2O)[C@](C)(OC)C[C@@H](C)C(=O)[C@H](C)[C@H]2[C@H](SCCOc3cc(C(=O)Nc4c(Cl)cncc4Cl)ccc3OC)C(=O)O[C@@]21C. The van der Waals surface area contributed by atoms with Gasteiger partial charge in [-0.2, -0.15) is 0 Å². The maximum Gasteiger partial charge on any atom is 0.320 e. The molecule has 4 aliphatic heterocycles. The zero-order valence-corrected chi connectivity index (χ0v) is 52.4. The fourth-order valence-corrected chi connectivity index (χ4v) is 14.1. The molecule has 24 heteroatoms. The highest BCUT2D eigenvalue weighted by molar-refractivity contribution is 8.00. The lowest BCUT2D eigenvalue weighted by Gasteiger charge is -2.50. The zero-order valence-electron chi connectivity index (χ0n) is 50.1. The maximum absolute atomic E-state index is 15.3. The van der Waals surface area contributed by atoms with Crippen molar-refractivity contribution in [3.05, 3.63) is 46.2 Å². The third-order valence-electron chi connectivity index (χ3n) is 17.1.